The van der Waals surface area contributed by atoms with E-state index >= 15 is 0 Å². The molecule has 132 valence electrons. The van der Waals surface area contributed by atoms with Gasteiger partial charge in [0.25, 0.3) is 0 Å². The maximum Gasteiger partial charge on any atom is 0.420 e. The van der Waals surface area contributed by atoms with Gasteiger partial charge in [-0.2, -0.15) is 13.2 Å². The van der Waals surface area contributed by atoms with Gasteiger partial charge >= 0.3 is 6.18 Å². The molecule has 0 radical (unpaired) electrons. The minimum absolute atomic E-state index is 0.0526. The van der Waals surface area contributed by atoms with Crippen LogP contribution in [0, 0.1) is 5.92 Å². The van der Waals surface area contributed by atoms with Crippen LogP contribution in [0.3, 0.4) is 0 Å². The number of halogens is 3. The summed E-state index contributed by atoms with van der Waals surface area (Å²) >= 11 is 0. The Morgan fingerprint density at radius 1 is 1.29 bits per heavy atom. The molecule has 0 aliphatic heterocycles. The Morgan fingerprint density at radius 3 is 2.54 bits per heavy atom. The van der Waals surface area contributed by atoms with E-state index in [0.717, 1.165) is 6.54 Å². The van der Waals surface area contributed by atoms with Crippen LogP contribution in [0.1, 0.15) is 56.0 Å². The number of benzene rings is 1. The molecule has 0 amide bonds. The molecule has 3 nitrogen and oxygen atoms in total. The van der Waals surface area contributed by atoms with Crippen LogP contribution in [-0.4, -0.2) is 23.5 Å². The Bertz CT molecular complexity index is 717. The van der Waals surface area contributed by atoms with Gasteiger partial charge in [-0.25, -0.2) is 4.98 Å². The van der Waals surface area contributed by atoms with Crippen molar-refractivity contribution in [1.82, 2.24) is 9.88 Å². The molecule has 0 atom stereocenters. The summed E-state index contributed by atoms with van der Waals surface area (Å²) in [5, 5.41) is 0. The van der Waals surface area contributed by atoms with Crippen molar-refractivity contribution in [1.29, 1.82) is 0 Å². The fourth-order valence-electron chi connectivity index (χ4n) is 3.15. The summed E-state index contributed by atoms with van der Waals surface area (Å²) in [6.07, 6.45) is -0.745. The number of fused-ring (bicyclic) bond motifs is 1. The highest BCUT2D eigenvalue weighted by Crippen LogP contribution is 2.37. The van der Waals surface area contributed by atoms with Crippen LogP contribution in [0.15, 0.2) is 16.5 Å². The molecule has 0 saturated heterocycles. The Balaban J connectivity index is 1.92. The first-order valence-electron chi connectivity index (χ1n) is 8.43. The average Bonchev–Trinajstić information content (AvgIpc) is 2.85. The number of hydrogen-bond donors (Lipinski definition) is 0. The lowest BCUT2D eigenvalue weighted by atomic mass is 9.85. The van der Waals surface area contributed by atoms with E-state index in [1.165, 1.54) is 25.3 Å². The van der Waals surface area contributed by atoms with Gasteiger partial charge in [-0.1, -0.05) is 20.3 Å². The van der Waals surface area contributed by atoms with Gasteiger partial charge < -0.3 is 9.32 Å². The highest BCUT2D eigenvalue weighted by Gasteiger charge is 2.35. The summed E-state index contributed by atoms with van der Waals surface area (Å²) in [4.78, 5) is 6.35. The molecular formula is C18H23F3N2O. The van der Waals surface area contributed by atoms with E-state index in [1.54, 1.807) is 6.07 Å². The van der Waals surface area contributed by atoms with Gasteiger partial charge in [0.1, 0.15) is 11.1 Å². The molecule has 6 heteroatoms. The van der Waals surface area contributed by atoms with Gasteiger partial charge in [0, 0.05) is 19.0 Å². The Morgan fingerprint density at radius 2 is 2.00 bits per heavy atom. The lowest BCUT2D eigenvalue weighted by molar-refractivity contribution is -0.136. The van der Waals surface area contributed by atoms with E-state index in [-0.39, 0.29) is 11.5 Å². The summed E-state index contributed by atoms with van der Waals surface area (Å²) in [6, 6.07) is 2.92. The van der Waals surface area contributed by atoms with E-state index in [4.69, 9.17) is 4.42 Å². The Kier molecular flexibility index (Phi) is 4.60. The molecule has 1 aliphatic carbocycles. The topological polar surface area (TPSA) is 29.3 Å². The van der Waals surface area contributed by atoms with Crippen molar-refractivity contribution < 1.29 is 17.6 Å². The van der Waals surface area contributed by atoms with Crippen LogP contribution in [0.5, 0.6) is 0 Å². The molecule has 1 aliphatic rings. The molecule has 1 saturated carbocycles. The summed E-state index contributed by atoms with van der Waals surface area (Å²) in [7, 11) is 1.96. The number of aromatic nitrogens is 1. The molecule has 2 aromatic rings. The number of rotatable bonds is 5. The SMILES string of the molecule is CC(C)c1nc2cc(CN(C)CC3CCC3)cc(C(F)(F)F)c2o1. The molecular weight excluding hydrogens is 317 g/mol. The third kappa shape index (κ3) is 3.58. The van der Waals surface area contributed by atoms with Crippen LogP contribution in [0.2, 0.25) is 0 Å². The third-order valence-electron chi connectivity index (χ3n) is 4.61. The van der Waals surface area contributed by atoms with Crippen LogP contribution in [0.4, 0.5) is 13.2 Å². The summed E-state index contributed by atoms with van der Waals surface area (Å²) < 4.78 is 45.6. The lowest BCUT2D eigenvalue weighted by Gasteiger charge is -2.30. The summed E-state index contributed by atoms with van der Waals surface area (Å²) in [5.41, 5.74) is 0.0314. The first kappa shape index (κ1) is 17.3. The van der Waals surface area contributed by atoms with E-state index in [0.29, 0.717) is 29.4 Å². The van der Waals surface area contributed by atoms with E-state index < -0.39 is 11.7 Å². The van der Waals surface area contributed by atoms with Crippen molar-refractivity contribution in [2.45, 2.75) is 51.7 Å². The standard InChI is InChI=1S/C18H23F3N2O/c1-11(2)17-22-15-8-13(10-23(3)9-12-5-4-6-12)7-14(16(15)24-17)18(19,20)21/h7-8,11-12H,4-6,9-10H2,1-3H3. The number of nitrogens with zero attached hydrogens (tertiary/aromatic N) is 2. The van der Waals surface area contributed by atoms with Gasteiger partial charge in [0.2, 0.25) is 0 Å². The quantitative estimate of drug-likeness (QED) is 0.749. The lowest BCUT2D eigenvalue weighted by Crippen LogP contribution is -2.29. The zero-order valence-electron chi connectivity index (χ0n) is 14.3. The molecule has 1 aromatic carbocycles. The molecule has 1 aromatic heterocycles. The van der Waals surface area contributed by atoms with Crippen molar-refractivity contribution in [3.63, 3.8) is 0 Å². The monoisotopic (exact) mass is 340 g/mol. The third-order valence-corrected chi connectivity index (χ3v) is 4.61. The average molecular weight is 340 g/mol. The number of alkyl halides is 3. The fraction of sp³-hybridized carbons (Fsp3) is 0.611. The normalized spacial score (nSPS) is 16.3. The Labute approximate surface area is 139 Å². The van der Waals surface area contributed by atoms with E-state index in [9.17, 15) is 13.2 Å². The maximum absolute atomic E-state index is 13.4. The summed E-state index contributed by atoms with van der Waals surface area (Å²) in [5.74, 6) is 0.971. The predicted molar refractivity (Wildman–Crippen MR) is 86.8 cm³/mol. The second-order valence-electron chi connectivity index (χ2n) is 7.19. The molecule has 0 bridgehead atoms. The molecule has 1 fully saturated rings. The van der Waals surface area contributed by atoms with Crippen molar-refractivity contribution in [2.75, 3.05) is 13.6 Å². The molecule has 0 unspecified atom stereocenters. The van der Waals surface area contributed by atoms with Gasteiger partial charge in [-0.3, -0.25) is 0 Å². The van der Waals surface area contributed by atoms with Crippen molar-refractivity contribution >= 4 is 11.1 Å². The smallest absolute Gasteiger partial charge is 0.420 e. The van der Waals surface area contributed by atoms with Gasteiger partial charge in [-0.15, -0.1) is 0 Å². The fourth-order valence-corrected chi connectivity index (χ4v) is 3.15. The second kappa shape index (κ2) is 6.39. The molecule has 3 rings (SSSR count). The Hall–Kier alpha value is -1.56. The van der Waals surface area contributed by atoms with Crippen LogP contribution in [0.25, 0.3) is 11.1 Å². The molecule has 0 spiro atoms. The first-order chi connectivity index (χ1) is 11.2. The minimum atomic E-state index is -4.45. The first-order valence-corrected chi connectivity index (χ1v) is 8.43. The van der Waals surface area contributed by atoms with Crippen molar-refractivity contribution in [2.24, 2.45) is 5.92 Å². The van der Waals surface area contributed by atoms with Gasteiger partial charge in [0.15, 0.2) is 11.5 Å². The van der Waals surface area contributed by atoms with Gasteiger partial charge in [-0.05, 0) is 43.5 Å². The van der Waals surface area contributed by atoms with Crippen LogP contribution < -0.4 is 0 Å². The molecule has 0 N–H and O–H groups in total. The van der Waals surface area contributed by atoms with Crippen LogP contribution in [-0.2, 0) is 12.7 Å². The highest BCUT2D eigenvalue weighted by atomic mass is 19.4. The van der Waals surface area contributed by atoms with E-state index in [2.05, 4.69) is 9.88 Å². The second-order valence-corrected chi connectivity index (χ2v) is 7.19. The van der Waals surface area contributed by atoms with Crippen LogP contribution >= 0.6 is 0 Å². The predicted octanol–water partition coefficient (Wildman–Crippen LogP) is 5.20. The largest absolute Gasteiger partial charge is 0.440 e. The molecule has 1 heterocycles. The zero-order chi connectivity index (χ0) is 17.5. The molecule has 24 heavy (non-hydrogen) atoms. The van der Waals surface area contributed by atoms with Crippen molar-refractivity contribution in [3.05, 3.63) is 29.2 Å². The minimum Gasteiger partial charge on any atom is -0.440 e. The number of hydrogen-bond acceptors (Lipinski definition) is 3. The summed E-state index contributed by atoms with van der Waals surface area (Å²) in [6.45, 7) is 5.12. The highest BCUT2D eigenvalue weighted by molar-refractivity contribution is 5.78. The maximum atomic E-state index is 13.4. The number of oxazole rings is 1. The van der Waals surface area contributed by atoms with E-state index in [1.807, 2.05) is 20.9 Å². The zero-order valence-corrected chi connectivity index (χ0v) is 14.3. The van der Waals surface area contributed by atoms with Crippen molar-refractivity contribution in [3.8, 4) is 0 Å². The van der Waals surface area contributed by atoms with Gasteiger partial charge in [0.05, 0.1) is 0 Å².